The van der Waals surface area contributed by atoms with Crippen LogP contribution in [-0.4, -0.2) is 13.1 Å². The number of hydrogen-bond donors (Lipinski definition) is 1. The van der Waals surface area contributed by atoms with Gasteiger partial charge >= 0.3 is 0 Å². The Morgan fingerprint density at radius 3 is 1.95 bits per heavy atom. The van der Waals surface area contributed by atoms with Crippen LogP contribution < -0.4 is 5.32 Å². The van der Waals surface area contributed by atoms with Crippen molar-refractivity contribution in [2.45, 2.75) is 19.8 Å². The third-order valence-electron chi connectivity index (χ3n) is 3.86. The van der Waals surface area contributed by atoms with E-state index in [1.807, 2.05) is 0 Å². The monoisotopic (exact) mass is 251 g/mol. The van der Waals surface area contributed by atoms with Gasteiger partial charge in [-0.15, -0.1) is 0 Å². The highest BCUT2D eigenvalue weighted by molar-refractivity contribution is 5.78. The van der Waals surface area contributed by atoms with Crippen molar-refractivity contribution in [2.24, 2.45) is 5.92 Å². The minimum atomic E-state index is 0.506. The molecule has 0 bridgehead atoms. The summed E-state index contributed by atoms with van der Waals surface area (Å²) in [5, 5.41) is 3.61. The topological polar surface area (TPSA) is 12.0 Å². The van der Waals surface area contributed by atoms with Crippen molar-refractivity contribution in [3.8, 4) is 11.1 Å². The quantitative estimate of drug-likeness (QED) is 0.864. The predicted octanol–water partition coefficient (Wildman–Crippen LogP) is 4.04. The van der Waals surface area contributed by atoms with E-state index in [9.17, 15) is 0 Å². The highest BCUT2D eigenvalue weighted by Gasteiger charge is 2.27. The van der Waals surface area contributed by atoms with Gasteiger partial charge in [-0.1, -0.05) is 62.4 Å². The van der Waals surface area contributed by atoms with Gasteiger partial charge in [-0.25, -0.2) is 0 Å². The Morgan fingerprint density at radius 1 is 0.895 bits per heavy atom. The highest BCUT2D eigenvalue weighted by atomic mass is 14.9. The lowest BCUT2D eigenvalue weighted by molar-refractivity contribution is 0.539. The number of rotatable bonds is 4. The number of fused-ring (bicyclic) bond motifs is 3. The number of hydrogen-bond acceptors (Lipinski definition) is 1. The summed E-state index contributed by atoms with van der Waals surface area (Å²) in [4.78, 5) is 0. The molecule has 0 unspecified atom stereocenters. The lowest BCUT2D eigenvalue weighted by atomic mass is 9.97. The number of nitrogens with one attached hydrogen (secondary N) is 1. The van der Waals surface area contributed by atoms with Gasteiger partial charge in [0.25, 0.3) is 0 Å². The second-order valence-electron chi connectivity index (χ2n) is 5.78. The maximum Gasteiger partial charge on any atom is 0.0227 e. The molecule has 3 rings (SSSR count). The summed E-state index contributed by atoms with van der Waals surface area (Å²) in [5.74, 6) is 1.21. The van der Waals surface area contributed by atoms with Crippen molar-refractivity contribution < 1.29 is 0 Å². The zero-order valence-corrected chi connectivity index (χ0v) is 11.7. The van der Waals surface area contributed by atoms with Crippen molar-refractivity contribution in [1.29, 1.82) is 0 Å². The van der Waals surface area contributed by atoms with E-state index in [1.165, 1.54) is 22.3 Å². The minimum Gasteiger partial charge on any atom is -0.316 e. The zero-order valence-electron chi connectivity index (χ0n) is 11.7. The smallest absolute Gasteiger partial charge is 0.0227 e. The Morgan fingerprint density at radius 2 is 1.42 bits per heavy atom. The molecule has 0 heterocycles. The fourth-order valence-corrected chi connectivity index (χ4v) is 3.00. The van der Waals surface area contributed by atoms with Crippen LogP contribution in [0.4, 0.5) is 0 Å². The molecular formula is C18H21N. The predicted molar refractivity (Wildman–Crippen MR) is 81.4 cm³/mol. The first-order chi connectivity index (χ1) is 9.27. The molecule has 0 saturated carbocycles. The van der Waals surface area contributed by atoms with Crippen LogP contribution in [0.1, 0.15) is 30.9 Å². The second-order valence-corrected chi connectivity index (χ2v) is 5.78. The fraction of sp³-hybridized carbons (Fsp3) is 0.333. The molecule has 19 heavy (non-hydrogen) atoms. The van der Waals surface area contributed by atoms with Gasteiger partial charge < -0.3 is 5.32 Å². The van der Waals surface area contributed by atoms with E-state index < -0.39 is 0 Å². The average Bonchev–Trinajstić information content (AvgIpc) is 2.74. The van der Waals surface area contributed by atoms with Gasteiger partial charge in [-0.2, -0.15) is 0 Å². The summed E-state index contributed by atoms with van der Waals surface area (Å²) in [5.41, 5.74) is 5.77. The first kappa shape index (κ1) is 12.4. The molecule has 0 aromatic heterocycles. The molecule has 1 heteroatoms. The van der Waals surface area contributed by atoms with Crippen molar-refractivity contribution in [1.82, 2.24) is 5.32 Å². The van der Waals surface area contributed by atoms with E-state index in [4.69, 9.17) is 0 Å². The Hall–Kier alpha value is -1.60. The van der Waals surface area contributed by atoms with Crippen molar-refractivity contribution in [3.63, 3.8) is 0 Å². The summed E-state index contributed by atoms with van der Waals surface area (Å²) in [6, 6.07) is 17.6. The SMILES string of the molecule is CC(C)CNCC1c2ccccc2-c2ccccc21. The molecule has 1 N–H and O–H groups in total. The summed E-state index contributed by atoms with van der Waals surface area (Å²) < 4.78 is 0. The lowest BCUT2D eigenvalue weighted by Crippen LogP contribution is -2.25. The summed E-state index contributed by atoms with van der Waals surface area (Å²) in [7, 11) is 0. The normalized spacial score (nSPS) is 13.6. The van der Waals surface area contributed by atoms with Crippen LogP contribution >= 0.6 is 0 Å². The van der Waals surface area contributed by atoms with Gasteiger partial charge in [-0.05, 0) is 34.7 Å². The molecular weight excluding hydrogens is 230 g/mol. The van der Waals surface area contributed by atoms with E-state index in [0.29, 0.717) is 11.8 Å². The van der Waals surface area contributed by atoms with Crippen LogP contribution in [-0.2, 0) is 0 Å². The molecule has 1 nitrogen and oxygen atoms in total. The molecule has 2 aromatic carbocycles. The standard InChI is InChI=1S/C18H21N/c1-13(2)11-19-12-18-16-9-5-3-7-14(16)15-8-4-6-10-17(15)18/h3-10,13,18-19H,11-12H2,1-2H3. The van der Waals surface area contributed by atoms with Crippen LogP contribution in [0.2, 0.25) is 0 Å². The number of benzene rings is 2. The first-order valence-corrected chi connectivity index (χ1v) is 7.16. The lowest BCUT2D eigenvalue weighted by Gasteiger charge is -2.15. The first-order valence-electron chi connectivity index (χ1n) is 7.16. The maximum atomic E-state index is 3.61. The summed E-state index contributed by atoms with van der Waals surface area (Å²) in [6.45, 7) is 6.63. The molecule has 0 saturated heterocycles. The van der Waals surface area contributed by atoms with Gasteiger partial charge in [-0.3, -0.25) is 0 Å². The van der Waals surface area contributed by atoms with Gasteiger partial charge in [0.05, 0.1) is 0 Å². The van der Waals surface area contributed by atoms with Crippen molar-refractivity contribution in [3.05, 3.63) is 59.7 Å². The van der Waals surface area contributed by atoms with E-state index in [0.717, 1.165) is 13.1 Å². The molecule has 0 amide bonds. The Kier molecular flexibility index (Phi) is 3.39. The molecule has 0 atom stereocenters. The van der Waals surface area contributed by atoms with E-state index in [-0.39, 0.29) is 0 Å². The largest absolute Gasteiger partial charge is 0.316 e. The van der Waals surface area contributed by atoms with Gasteiger partial charge in [0.2, 0.25) is 0 Å². The molecule has 98 valence electrons. The molecule has 2 aromatic rings. The summed E-state index contributed by atoms with van der Waals surface area (Å²) in [6.07, 6.45) is 0. The maximum absolute atomic E-state index is 3.61. The third-order valence-corrected chi connectivity index (χ3v) is 3.86. The van der Waals surface area contributed by atoms with Crippen LogP contribution in [0.15, 0.2) is 48.5 Å². The molecule has 1 aliphatic rings. The Balaban J connectivity index is 1.91. The van der Waals surface area contributed by atoms with Crippen molar-refractivity contribution >= 4 is 0 Å². The van der Waals surface area contributed by atoms with Gasteiger partial charge in [0, 0.05) is 12.5 Å². The Labute approximate surface area is 115 Å². The molecule has 0 fully saturated rings. The highest BCUT2D eigenvalue weighted by Crippen LogP contribution is 2.43. The molecule has 0 spiro atoms. The van der Waals surface area contributed by atoms with Crippen LogP contribution in [0.25, 0.3) is 11.1 Å². The molecule has 1 aliphatic carbocycles. The third kappa shape index (κ3) is 2.31. The Bertz CT molecular complexity index is 526. The van der Waals surface area contributed by atoms with Crippen LogP contribution in [0.5, 0.6) is 0 Å². The average molecular weight is 251 g/mol. The summed E-state index contributed by atoms with van der Waals surface area (Å²) >= 11 is 0. The molecule has 0 radical (unpaired) electrons. The minimum absolute atomic E-state index is 0.506. The zero-order chi connectivity index (χ0) is 13.2. The fourth-order valence-electron chi connectivity index (χ4n) is 3.00. The van der Waals surface area contributed by atoms with Crippen LogP contribution in [0.3, 0.4) is 0 Å². The van der Waals surface area contributed by atoms with E-state index >= 15 is 0 Å². The second kappa shape index (κ2) is 5.18. The van der Waals surface area contributed by atoms with Gasteiger partial charge in [0.1, 0.15) is 0 Å². The van der Waals surface area contributed by atoms with Crippen molar-refractivity contribution in [2.75, 3.05) is 13.1 Å². The molecule has 0 aliphatic heterocycles. The van der Waals surface area contributed by atoms with Gasteiger partial charge in [0.15, 0.2) is 0 Å². The van der Waals surface area contributed by atoms with Crippen LogP contribution in [0, 0.1) is 5.92 Å². The van der Waals surface area contributed by atoms with E-state index in [2.05, 4.69) is 67.7 Å². The van der Waals surface area contributed by atoms with E-state index in [1.54, 1.807) is 0 Å².